The summed E-state index contributed by atoms with van der Waals surface area (Å²) in [5, 5.41) is 0. The van der Waals surface area contributed by atoms with E-state index in [0.717, 1.165) is 0 Å². The monoisotopic (exact) mass is 588 g/mol. The van der Waals surface area contributed by atoms with E-state index in [0.29, 0.717) is 13.4 Å². The summed E-state index contributed by atoms with van der Waals surface area (Å²) < 4.78 is 73.8. The zero-order chi connectivity index (χ0) is 21.0. The van der Waals surface area contributed by atoms with E-state index in [2.05, 4.69) is 52.5 Å². The summed E-state index contributed by atoms with van der Waals surface area (Å²) in [6.45, 7) is -0.309. The smallest absolute Gasteiger partial charge is 0.431 e. The van der Waals surface area contributed by atoms with Crippen molar-refractivity contribution in [3.05, 3.63) is 31.1 Å². The molecule has 27 heavy (non-hydrogen) atoms. The Kier molecular flexibility index (Phi) is 8.67. The number of rotatable bonds is 7. The lowest BCUT2D eigenvalue weighted by Gasteiger charge is -2.25. The van der Waals surface area contributed by atoms with E-state index in [1.807, 2.05) is 0 Å². The van der Waals surface area contributed by atoms with Crippen molar-refractivity contribution in [3.8, 4) is 0 Å². The number of hydrogen-bond acceptors (Lipinski definition) is 4. The molecule has 0 radical (unpaired) electrons. The first-order valence-electron chi connectivity index (χ1n) is 7.19. The molecular weight excluding hydrogens is 579 g/mol. The van der Waals surface area contributed by atoms with Gasteiger partial charge in [0.05, 0.1) is 12.2 Å². The molecule has 0 spiro atoms. The highest BCUT2D eigenvalue weighted by molar-refractivity contribution is 9.11. The topological polar surface area (TPSA) is 52.6 Å². The maximum absolute atomic E-state index is 13.0. The van der Waals surface area contributed by atoms with E-state index in [4.69, 9.17) is 4.74 Å². The van der Waals surface area contributed by atoms with Gasteiger partial charge in [-0.3, -0.25) is 4.79 Å². The molecule has 1 rings (SSSR count). The molecule has 0 saturated heterocycles. The van der Waals surface area contributed by atoms with Crippen molar-refractivity contribution >= 4 is 59.7 Å². The second-order valence-corrected chi connectivity index (χ2v) is 7.98. The van der Waals surface area contributed by atoms with Gasteiger partial charge in [-0.25, -0.2) is 13.6 Å². The van der Waals surface area contributed by atoms with Gasteiger partial charge >= 0.3 is 18.1 Å². The van der Waals surface area contributed by atoms with Crippen LogP contribution >= 0.6 is 47.8 Å². The summed E-state index contributed by atoms with van der Waals surface area (Å²) >= 11 is 9.59. The summed E-state index contributed by atoms with van der Waals surface area (Å²) in [4.78, 5) is 23.4. The van der Waals surface area contributed by atoms with Crippen LogP contribution in [0.4, 0.5) is 22.0 Å². The Balaban J connectivity index is 2.54. The highest BCUT2D eigenvalue weighted by Gasteiger charge is 2.56. The van der Waals surface area contributed by atoms with Crippen LogP contribution in [0.2, 0.25) is 0 Å². The quantitative estimate of drug-likeness (QED) is 0.221. The third kappa shape index (κ3) is 7.65. The van der Waals surface area contributed by atoms with Gasteiger partial charge in [0.15, 0.2) is 0 Å². The largest absolute Gasteiger partial charge is 0.462 e. The molecule has 1 aromatic rings. The minimum Gasteiger partial charge on any atom is -0.462 e. The van der Waals surface area contributed by atoms with E-state index < -0.39 is 36.6 Å². The summed E-state index contributed by atoms with van der Waals surface area (Å²) in [5.41, 5.74) is 0.170. The van der Waals surface area contributed by atoms with E-state index in [1.54, 1.807) is 12.1 Å². The third-order valence-electron chi connectivity index (χ3n) is 2.98. The van der Waals surface area contributed by atoms with Crippen LogP contribution in [-0.4, -0.2) is 36.7 Å². The number of carbonyl (C=O) groups is 2. The van der Waals surface area contributed by atoms with Crippen LogP contribution in [0.1, 0.15) is 30.1 Å². The van der Waals surface area contributed by atoms with E-state index in [9.17, 15) is 31.5 Å². The Morgan fingerprint density at radius 1 is 1.07 bits per heavy atom. The van der Waals surface area contributed by atoms with Crippen LogP contribution in [0, 0.1) is 0 Å². The maximum atomic E-state index is 13.0. The van der Waals surface area contributed by atoms with Crippen LogP contribution in [-0.2, 0) is 14.3 Å². The Morgan fingerprint density at radius 2 is 1.59 bits per heavy atom. The molecule has 0 aromatic heterocycles. The molecule has 0 saturated carbocycles. The van der Waals surface area contributed by atoms with E-state index in [1.165, 1.54) is 0 Å². The second kappa shape index (κ2) is 9.64. The highest BCUT2D eigenvalue weighted by Crippen LogP contribution is 2.34. The molecule has 0 fully saturated rings. The van der Waals surface area contributed by atoms with Crippen molar-refractivity contribution in [1.82, 2.24) is 0 Å². The lowest BCUT2D eigenvalue weighted by molar-refractivity contribution is -0.273. The van der Waals surface area contributed by atoms with Crippen LogP contribution < -0.4 is 0 Å². The molecule has 0 N–H and O–H groups in total. The number of benzene rings is 1. The highest BCUT2D eigenvalue weighted by atomic mass is 79.9. The van der Waals surface area contributed by atoms with Crippen molar-refractivity contribution in [2.24, 2.45) is 0 Å². The predicted molar refractivity (Wildman–Crippen MR) is 95.6 cm³/mol. The van der Waals surface area contributed by atoms with Crippen molar-refractivity contribution < 1.29 is 41.0 Å². The molecule has 0 heterocycles. The van der Waals surface area contributed by atoms with Crippen LogP contribution in [0.15, 0.2) is 25.6 Å². The fourth-order valence-electron chi connectivity index (χ4n) is 1.84. The minimum atomic E-state index is -5.40. The molecular formula is C15H12Br3F5O4. The molecule has 152 valence electrons. The third-order valence-corrected chi connectivity index (χ3v) is 4.69. The molecule has 4 nitrogen and oxygen atoms in total. The van der Waals surface area contributed by atoms with Gasteiger partial charge in [0, 0.05) is 26.8 Å². The van der Waals surface area contributed by atoms with E-state index >= 15 is 0 Å². The van der Waals surface area contributed by atoms with Crippen LogP contribution in [0.3, 0.4) is 0 Å². The number of hydrogen-bond donors (Lipinski definition) is 0. The van der Waals surface area contributed by atoms with Gasteiger partial charge in [-0.15, -0.1) is 0 Å². The van der Waals surface area contributed by atoms with Gasteiger partial charge < -0.3 is 9.47 Å². The van der Waals surface area contributed by atoms with Crippen LogP contribution in [0.25, 0.3) is 0 Å². The molecule has 0 aliphatic heterocycles. The molecule has 12 heteroatoms. The number of esters is 2. The molecule has 1 aromatic carbocycles. The molecule has 1 atom stereocenters. The standard InChI is InChI=1S/C15H12Br3F5O4/c1-14(19,20)13(15(21,22)23)27-10(24)3-2-4-26-12(25)11-8(17)5-7(16)6-9(11)18/h5-6,13H,2-4H2,1H3. The van der Waals surface area contributed by atoms with Crippen molar-refractivity contribution in [1.29, 1.82) is 0 Å². The summed E-state index contributed by atoms with van der Waals surface area (Å²) in [7, 11) is 0. The second-order valence-electron chi connectivity index (χ2n) is 5.35. The maximum Gasteiger partial charge on any atom is 0.431 e. The average Bonchev–Trinajstić information content (AvgIpc) is 2.45. The zero-order valence-corrected chi connectivity index (χ0v) is 18.3. The molecule has 0 aliphatic rings. The zero-order valence-electron chi connectivity index (χ0n) is 13.5. The van der Waals surface area contributed by atoms with Crippen molar-refractivity contribution in [3.63, 3.8) is 0 Å². The van der Waals surface area contributed by atoms with Gasteiger partial charge in [-0.05, 0) is 50.4 Å². The Hall–Kier alpha value is -0.750. The van der Waals surface area contributed by atoms with Crippen molar-refractivity contribution in [2.75, 3.05) is 6.61 Å². The summed E-state index contributed by atoms with van der Waals surface area (Å²) in [5.74, 6) is -6.50. The fourth-order valence-corrected chi connectivity index (χ4v) is 4.42. The lowest BCUT2D eigenvalue weighted by atomic mass is 10.2. The van der Waals surface area contributed by atoms with Crippen molar-refractivity contribution in [2.45, 2.75) is 38.0 Å². The summed E-state index contributed by atoms with van der Waals surface area (Å²) in [6.07, 6.45) is -9.76. The SMILES string of the molecule is CC(F)(F)C(OC(=O)CCCOC(=O)c1c(Br)cc(Br)cc1Br)C(F)(F)F. The van der Waals surface area contributed by atoms with Gasteiger partial charge in [0.2, 0.25) is 0 Å². The number of alkyl halides is 5. The number of carbonyl (C=O) groups excluding carboxylic acids is 2. The van der Waals surface area contributed by atoms with Gasteiger partial charge in [0.25, 0.3) is 12.0 Å². The molecule has 1 unspecified atom stereocenters. The Morgan fingerprint density at radius 3 is 2.04 bits per heavy atom. The van der Waals surface area contributed by atoms with E-state index in [-0.39, 0.29) is 25.5 Å². The predicted octanol–water partition coefficient (Wildman–Crippen LogP) is 6.04. The minimum absolute atomic E-state index is 0.00808. The molecule has 0 aliphatic carbocycles. The first kappa shape index (κ1) is 24.3. The first-order chi connectivity index (χ1) is 12.2. The average molecular weight is 591 g/mol. The lowest BCUT2D eigenvalue weighted by Crippen LogP contribution is -2.46. The van der Waals surface area contributed by atoms with Gasteiger partial charge in [-0.1, -0.05) is 15.9 Å². The summed E-state index contributed by atoms with van der Waals surface area (Å²) in [6, 6.07) is 3.20. The number of halogens is 8. The Bertz CT molecular complexity index is 667. The normalized spacial score (nSPS) is 13.2. The fraction of sp³-hybridized carbons (Fsp3) is 0.467. The van der Waals surface area contributed by atoms with Gasteiger partial charge in [-0.2, -0.15) is 13.2 Å². The van der Waals surface area contributed by atoms with Crippen LogP contribution in [0.5, 0.6) is 0 Å². The molecule has 0 bridgehead atoms. The Labute approximate surface area is 176 Å². The number of ether oxygens (including phenoxy) is 2. The van der Waals surface area contributed by atoms with Gasteiger partial charge in [0.1, 0.15) is 0 Å². The molecule has 0 amide bonds. The first-order valence-corrected chi connectivity index (χ1v) is 9.57.